The zero-order chi connectivity index (χ0) is 18.0. The van der Waals surface area contributed by atoms with Gasteiger partial charge in [-0.1, -0.05) is 0 Å². The number of aromatic nitrogens is 2. The van der Waals surface area contributed by atoms with Crippen molar-refractivity contribution in [3.8, 4) is 0 Å². The van der Waals surface area contributed by atoms with E-state index >= 15 is 0 Å². The molecule has 1 fully saturated rings. The Bertz CT molecular complexity index is 761. The first-order valence-electron chi connectivity index (χ1n) is 6.81. The molecule has 24 heavy (non-hydrogen) atoms. The quantitative estimate of drug-likeness (QED) is 0.496. The summed E-state index contributed by atoms with van der Waals surface area (Å²) in [5, 5.41) is 0. The summed E-state index contributed by atoms with van der Waals surface area (Å²) >= 11 is 1.68. The van der Waals surface area contributed by atoms with Gasteiger partial charge in [0.2, 0.25) is 0 Å². The number of hydrogen-bond acceptors (Lipinski definition) is 7. The Morgan fingerprint density at radius 3 is 2.62 bits per heavy atom. The first-order chi connectivity index (χ1) is 11.2. The lowest BCUT2D eigenvalue weighted by Gasteiger charge is -2.18. The Kier molecular flexibility index (Phi) is 5.74. The SMILES string of the molecule is CC(=O)OCC1OC(n2cc(I)c(=O)[nH]c2=O)C(F)C1OC(C)=O. The highest BCUT2D eigenvalue weighted by atomic mass is 127. The maximum atomic E-state index is 14.7. The second-order valence-corrected chi connectivity index (χ2v) is 6.19. The smallest absolute Gasteiger partial charge is 0.330 e. The lowest BCUT2D eigenvalue weighted by molar-refractivity contribution is -0.156. The number of aromatic amines is 1. The van der Waals surface area contributed by atoms with Crippen molar-refractivity contribution < 1.29 is 28.2 Å². The number of carbonyl (C=O) groups is 2. The third kappa shape index (κ3) is 4.01. The molecule has 1 N–H and O–H groups in total. The van der Waals surface area contributed by atoms with Gasteiger partial charge in [-0.05, 0) is 22.6 Å². The first-order valence-corrected chi connectivity index (χ1v) is 7.89. The Hall–Kier alpha value is -1.76. The van der Waals surface area contributed by atoms with Crippen LogP contribution in [0.2, 0.25) is 0 Å². The first kappa shape index (κ1) is 18.6. The van der Waals surface area contributed by atoms with Crippen molar-refractivity contribution in [2.75, 3.05) is 6.61 Å². The van der Waals surface area contributed by atoms with Gasteiger partial charge >= 0.3 is 17.6 Å². The Morgan fingerprint density at radius 2 is 2.04 bits per heavy atom. The molecule has 4 unspecified atom stereocenters. The average molecular weight is 456 g/mol. The fraction of sp³-hybridized carbons (Fsp3) is 0.538. The number of rotatable bonds is 4. The van der Waals surface area contributed by atoms with Crippen molar-refractivity contribution in [2.45, 2.75) is 38.5 Å². The molecule has 1 aliphatic heterocycles. The molecule has 1 aromatic heterocycles. The summed E-state index contributed by atoms with van der Waals surface area (Å²) in [6, 6.07) is 0. The van der Waals surface area contributed by atoms with Gasteiger partial charge in [-0.3, -0.25) is 23.9 Å². The van der Waals surface area contributed by atoms with Crippen LogP contribution in [0.3, 0.4) is 0 Å². The van der Waals surface area contributed by atoms with E-state index in [2.05, 4.69) is 0 Å². The highest BCUT2D eigenvalue weighted by Gasteiger charge is 2.49. The molecule has 1 saturated heterocycles. The van der Waals surface area contributed by atoms with Gasteiger partial charge in [-0.15, -0.1) is 0 Å². The summed E-state index contributed by atoms with van der Waals surface area (Å²) in [7, 11) is 0. The molecule has 132 valence electrons. The molecule has 0 radical (unpaired) electrons. The highest BCUT2D eigenvalue weighted by molar-refractivity contribution is 14.1. The van der Waals surface area contributed by atoms with Gasteiger partial charge in [0, 0.05) is 20.0 Å². The van der Waals surface area contributed by atoms with Crippen molar-refractivity contribution in [1.82, 2.24) is 9.55 Å². The Balaban J connectivity index is 2.33. The van der Waals surface area contributed by atoms with E-state index < -0.39 is 47.8 Å². The highest BCUT2D eigenvalue weighted by Crippen LogP contribution is 2.33. The van der Waals surface area contributed by atoms with Gasteiger partial charge in [0.1, 0.15) is 12.7 Å². The molecular weight excluding hydrogens is 442 g/mol. The number of nitrogens with one attached hydrogen (secondary N) is 1. The Morgan fingerprint density at radius 1 is 1.38 bits per heavy atom. The van der Waals surface area contributed by atoms with Crippen LogP contribution in [0.4, 0.5) is 4.39 Å². The zero-order valence-electron chi connectivity index (χ0n) is 12.7. The molecule has 2 heterocycles. The van der Waals surface area contributed by atoms with Crippen LogP contribution in [0.25, 0.3) is 0 Å². The predicted octanol–water partition coefficient (Wildman–Crippen LogP) is -0.129. The maximum absolute atomic E-state index is 14.7. The monoisotopic (exact) mass is 456 g/mol. The summed E-state index contributed by atoms with van der Waals surface area (Å²) in [4.78, 5) is 47.4. The van der Waals surface area contributed by atoms with E-state index in [0.717, 1.165) is 24.6 Å². The van der Waals surface area contributed by atoms with Gasteiger partial charge in [0.05, 0.1) is 3.57 Å². The minimum atomic E-state index is -1.89. The molecule has 2 rings (SSSR count). The minimum Gasteiger partial charge on any atom is -0.463 e. The molecule has 0 spiro atoms. The molecule has 0 bridgehead atoms. The fourth-order valence-corrected chi connectivity index (χ4v) is 2.67. The van der Waals surface area contributed by atoms with Crippen LogP contribution < -0.4 is 11.2 Å². The lowest BCUT2D eigenvalue weighted by atomic mass is 10.1. The van der Waals surface area contributed by atoms with Crippen LogP contribution in [0.5, 0.6) is 0 Å². The minimum absolute atomic E-state index is 0.149. The van der Waals surface area contributed by atoms with E-state index in [4.69, 9.17) is 14.2 Å². The van der Waals surface area contributed by atoms with Crippen LogP contribution in [-0.4, -0.2) is 46.5 Å². The normalized spacial score (nSPS) is 26.2. The third-order valence-electron chi connectivity index (χ3n) is 3.22. The number of H-pyrrole nitrogens is 1. The number of esters is 2. The van der Waals surface area contributed by atoms with Crippen LogP contribution in [0.15, 0.2) is 15.8 Å². The topological polar surface area (TPSA) is 117 Å². The third-order valence-corrected chi connectivity index (χ3v) is 3.99. The van der Waals surface area contributed by atoms with Crippen molar-refractivity contribution in [3.05, 3.63) is 30.6 Å². The maximum Gasteiger partial charge on any atom is 0.330 e. The lowest BCUT2D eigenvalue weighted by Crippen LogP contribution is -2.38. The number of hydrogen-bond donors (Lipinski definition) is 1. The van der Waals surface area contributed by atoms with E-state index in [1.165, 1.54) is 0 Å². The molecule has 1 aromatic rings. The summed E-state index contributed by atoms with van der Waals surface area (Å²) in [6.45, 7) is 1.91. The summed E-state index contributed by atoms with van der Waals surface area (Å²) in [5.41, 5.74) is -1.49. The predicted molar refractivity (Wildman–Crippen MR) is 85.0 cm³/mol. The van der Waals surface area contributed by atoms with Crippen molar-refractivity contribution in [2.24, 2.45) is 0 Å². The largest absolute Gasteiger partial charge is 0.463 e. The van der Waals surface area contributed by atoms with Crippen LogP contribution >= 0.6 is 22.6 Å². The van der Waals surface area contributed by atoms with Crippen LogP contribution in [0, 0.1) is 3.57 Å². The molecule has 0 aliphatic carbocycles. The van der Waals surface area contributed by atoms with E-state index in [9.17, 15) is 23.6 Å². The van der Waals surface area contributed by atoms with E-state index in [1.807, 2.05) is 4.98 Å². The van der Waals surface area contributed by atoms with Crippen LogP contribution in [-0.2, 0) is 23.8 Å². The number of alkyl halides is 1. The van der Waals surface area contributed by atoms with Gasteiger partial charge in [-0.25, -0.2) is 9.18 Å². The van der Waals surface area contributed by atoms with Gasteiger partial charge in [0.15, 0.2) is 18.5 Å². The molecule has 1 aliphatic rings. The van der Waals surface area contributed by atoms with Crippen molar-refractivity contribution >= 4 is 34.5 Å². The second kappa shape index (κ2) is 7.42. The standard InChI is InChI=1S/C13H14FIN2O7/c1-5(18)22-4-8-10(23-6(2)19)9(14)12(24-8)17-3-7(15)11(20)16-13(17)21/h3,8-10,12H,4H2,1-2H3,(H,16,20,21). The number of ether oxygens (including phenoxy) is 3. The van der Waals surface area contributed by atoms with E-state index in [-0.39, 0.29) is 10.2 Å². The summed E-state index contributed by atoms with van der Waals surface area (Å²) < 4.78 is 30.8. The summed E-state index contributed by atoms with van der Waals surface area (Å²) in [6.07, 6.45) is -4.64. The fourth-order valence-electron chi connectivity index (χ4n) is 2.23. The van der Waals surface area contributed by atoms with E-state index in [1.54, 1.807) is 22.6 Å². The number of halogens is 2. The van der Waals surface area contributed by atoms with Gasteiger partial charge < -0.3 is 14.2 Å². The van der Waals surface area contributed by atoms with Crippen molar-refractivity contribution in [1.29, 1.82) is 0 Å². The average Bonchev–Trinajstić information content (AvgIpc) is 2.77. The summed E-state index contributed by atoms with van der Waals surface area (Å²) in [5.74, 6) is -1.36. The van der Waals surface area contributed by atoms with Crippen molar-refractivity contribution in [3.63, 3.8) is 0 Å². The molecule has 0 amide bonds. The van der Waals surface area contributed by atoms with Gasteiger partial charge in [-0.2, -0.15) is 0 Å². The molecule has 0 saturated carbocycles. The van der Waals surface area contributed by atoms with E-state index in [0.29, 0.717) is 0 Å². The molecule has 0 aromatic carbocycles. The molecule has 9 nitrogen and oxygen atoms in total. The number of carbonyl (C=O) groups excluding carboxylic acids is 2. The van der Waals surface area contributed by atoms with Gasteiger partial charge in [0.25, 0.3) is 5.56 Å². The molecular formula is C13H14FIN2O7. The van der Waals surface area contributed by atoms with Crippen LogP contribution in [0.1, 0.15) is 20.1 Å². The zero-order valence-corrected chi connectivity index (χ0v) is 14.8. The second-order valence-electron chi connectivity index (χ2n) is 5.03. The Labute approximate surface area is 148 Å². The molecule has 11 heteroatoms. The molecule has 4 atom stereocenters. The number of nitrogens with zero attached hydrogens (tertiary/aromatic N) is 1.